The summed E-state index contributed by atoms with van der Waals surface area (Å²) in [5, 5.41) is 5.98. The van der Waals surface area contributed by atoms with E-state index in [2.05, 4.69) is 10.6 Å². The third-order valence-electron chi connectivity index (χ3n) is 3.21. The number of amides is 2. The van der Waals surface area contributed by atoms with Crippen LogP contribution in [-0.2, 0) is 4.79 Å². The van der Waals surface area contributed by atoms with Crippen molar-refractivity contribution in [2.45, 2.75) is 4.90 Å². The van der Waals surface area contributed by atoms with Crippen LogP contribution in [0.3, 0.4) is 0 Å². The smallest absolute Gasteiger partial charge is 0.255 e. The molecule has 0 fully saturated rings. The van der Waals surface area contributed by atoms with Crippen LogP contribution >= 0.6 is 35.0 Å². The summed E-state index contributed by atoms with van der Waals surface area (Å²) in [4.78, 5) is 24.7. The van der Waals surface area contributed by atoms with Crippen molar-refractivity contribution in [2.24, 2.45) is 0 Å². The first-order valence-electron chi connectivity index (χ1n) is 6.56. The number of thioether (sulfide) groups is 1. The van der Waals surface area contributed by atoms with Crippen molar-refractivity contribution in [1.82, 2.24) is 0 Å². The van der Waals surface area contributed by atoms with Crippen molar-refractivity contribution in [3.63, 3.8) is 0 Å². The zero-order valence-electron chi connectivity index (χ0n) is 11.7. The molecule has 1 aliphatic heterocycles. The van der Waals surface area contributed by atoms with E-state index >= 15 is 0 Å². The Morgan fingerprint density at radius 1 is 1.22 bits per heavy atom. The van der Waals surface area contributed by atoms with Crippen molar-refractivity contribution in [3.05, 3.63) is 45.9 Å². The predicted molar refractivity (Wildman–Crippen MR) is 94.6 cm³/mol. The lowest BCUT2D eigenvalue weighted by molar-refractivity contribution is -0.113. The Morgan fingerprint density at radius 3 is 2.61 bits per heavy atom. The van der Waals surface area contributed by atoms with Gasteiger partial charge < -0.3 is 16.4 Å². The fourth-order valence-electron chi connectivity index (χ4n) is 2.08. The number of rotatable bonds is 2. The molecule has 0 bridgehead atoms. The van der Waals surface area contributed by atoms with Gasteiger partial charge in [0.05, 0.1) is 27.2 Å². The largest absolute Gasteiger partial charge is 0.396 e. The van der Waals surface area contributed by atoms with Gasteiger partial charge in [-0.3, -0.25) is 9.59 Å². The molecule has 1 heterocycles. The van der Waals surface area contributed by atoms with Crippen molar-refractivity contribution in [1.29, 1.82) is 0 Å². The van der Waals surface area contributed by atoms with Gasteiger partial charge in [0.25, 0.3) is 5.91 Å². The average Bonchev–Trinajstić information content (AvgIpc) is 2.51. The zero-order valence-corrected chi connectivity index (χ0v) is 14.0. The van der Waals surface area contributed by atoms with Gasteiger partial charge in [0.1, 0.15) is 0 Å². The molecule has 23 heavy (non-hydrogen) atoms. The van der Waals surface area contributed by atoms with Gasteiger partial charge >= 0.3 is 0 Å². The summed E-state index contributed by atoms with van der Waals surface area (Å²) in [6.07, 6.45) is 0. The lowest BCUT2D eigenvalue weighted by atomic mass is 10.1. The van der Waals surface area contributed by atoms with Crippen LogP contribution in [-0.4, -0.2) is 17.6 Å². The number of nitrogens with one attached hydrogen (secondary N) is 2. The third kappa shape index (κ3) is 3.39. The van der Waals surface area contributed by atoms with Gasteiger partial charge in [-0.15, -0.1) is 11.8 Å². The first kappa shape index (κ1) is 16.0. The second kappa shape index (κ2) is 6.31. The number of carbonyl (C=O) groups is 2. The third-order valence-corrected chi connectivity index (χ3v) is 4.91. The molecular weight excluding hydrogens is 357 g/mol. The van der Waals surface area contributed by atoms with Gasteiger partial charge in [0, 0.05) is 16.1 Å². The SMILES string of the molecule is Nc1c(Cl)cc(NC(=O)c2ccc3c(c2)NC(=O)CS3)cc1Cl. The van der Waals surface area contributed by atoms with E-state index in [4.69, 9.17) is 28.9 Å². The van der Waals surface area contributed by atoms with Gasteiger partial charge in [-0.1, -0.05) is 23.2 Å². The van der Waals surface area contributed by atoms with Crippen molar-refractivity contribution in [3.8, 4) is 0 Å². The number of benzene rings is 2. The maximum atomic E-state index is 12.3. The maximum Gasteiger partial charge on any atom is 0.255 e. The van der Waals surface area contributed by atoms with Gasteiger partial charge in [-0.2, -0.15) is 0 Å². The van der Waals surface area contributed by atoms with E-state index in [0.717, 1.165) is 4.90 Å². The molecule has 0 aromatic heterocycles. The summed E-state index contributed by atoms with van der Waals surface area (Å²) >= 11 is 13.3. The predicted octanol–water partition coefficient (Wildman–Crippen LogP) is 3.87. The first-order valence-corrected chi connectivity index (χ1v) is 8.31. The Balaban J connectivity index is 1.84. The Kier molecular flexibility index (Phi) is 4.39. The zero-order chi connectivity index (χ0) is 16.6. The van der Waals surface area contributed by atoms with E-state index < -0.39 is 0 Å². The highest BCUT2D eigenvalue weighted by Gasteiger charge is 2.17. The summed E-state index contributed by atoms with van der Waals surface area (Å²) in [6.45, 7) is 0. The molecule has 2 amide bonds. The molecule has 2 aromatic rings. The molecule has 3 rings (SSSR count). The van der Waals surface area contributed by atoms with E-state index in [1.165, 1.54) is 23.9 Å². The van der Waals surface area contributed by atoms with Crippen LogP contribution in [0, 0.1) is 0 Å². The second-order valence-electron chi connectivity index (χ2n) is 4.86. The van der Waals surface area contributed by atoms with Crippen LogP contribution in [0.25, 0.3) is 0 Å². The lowest BCUT2D eigenvalue weighted by Crippen LogP contribution is -2.19. The molecular formula is C15H11Cl2N3O2S. The van der Waals surface area contributed by atoms with E-state index in [0.29, 0.717) is 22.7 Å². The number of anilines is 3. The summed E-state index contributed by atoms with van der Waals surface area (Å²) < 4.78 is 0. The van der Waals surface area contributed by atoms with Crippen LogP contribution < -0.4 is 16.4 Å². The Hall–Kier alpha value is -1.89. The monoisotopic (exact) mass is 367 g/mol. The van der Waals surface area contributed by atoms with Crippen LogP contribution in [0.15, 0.2) is 35.2 Å². The fraction of sp³-hybridized carbons (Fsp3) is 0.0667. The summed E-state index contributed by atoms with van der Waals surface area (Å²) in [6, 6.07) is 8.18. The Morgan fingerprint density at radius 2 is 1.91 bits per heavy atom. The summed E-state index contributed by atoms with van der Waals surface area (Å²) in [5.74, 6) is -0.0484. The summed E-state index contributed by atoms with van der Waals surface area (Å²) in [7, 11) is 0. The molecule has 0 aliphatic carbocycles. The number of hydrogen-bond donors (Lipinski definition) is 3. The number of carbonyl (C=O) groups excluding carboxylic acids is 2. The molecule has 0 saturated heterocycles. The number of nitrogen functional groups attached to an aromatic ring is 1. The van der Waals surface area contributed by atoms with E-state index in [1.54, 1.807) is 18.2 Å². The minimum Gasteiger partial charge on any atom is -0.396 e. The van der Waals surface area contributed by atoms with Crippen LogP contribution in [0.1, 0.15) is 10.4 Å². The fourth-order valence-corrected chi connectivity index (χ4v) is 3.36. The topological polar surface area (TPSA) is 84.2 Å². The van der Waals surface area contributed by atoms with Gasteiger partial charge in [-0.25, -0.2) is 0 Å². The number of halogens is 2. The Labute approximate surface area is 146 Å². The number of nitrogens with two attached hydrogens (primary N) is 1. The van der Waals surface area contributed by atoms with Crippen molar-refractivity contribution < 1.29 is 9.59 Å². The second-order valence-corrected chi connectivity index (χ2v) is 6.69. The first-order chi connectivity index (χ1) is 10.9. The van der Waals surface area contributed by atoms with Gasteiger partial charge in [0.15, 0.2) is 0 Å². The van der Waals surface area contributed by atoms with Gasteiger partial charge in [-0.05, 0) is 30.3 Å². The maximum absolute atomic E-state index is 12.3. The van der Waals surface area contributed by atoms with Crippen molar-refractivity contribution >= 4 is 63.8 Å². The molecule has 0 spiro atoms. The van der Waals surface area contributed by atoms with Crippen molar-refractivity contribution in [2.75, 3.05) is 22.1 Å². The molecule has 4 N–H and O–H groups in total. The molecule has 118 valence electrons. The Bertz CT molecular complexity index is 803. The molecule has 0 radical (unpaired) electrons. The molecule has 0 atom stereocenters. The van der Waals surface area contributed by atoms with E-state index in [9.17, 15) is 9.59 Å². The average molecular weight is 368 g/mol. The standard InChI is InChI=1S/C15H11Cl2N3O2S/c16-9-4-8(5-10(17)14(9)18)19-15(22)7-1-2-12-11(3-7)20-13(21)6-23-12/h1-5H,6,18H2,(H,19,22)(H,20,21). The minimum atomic E-state index is -0.338. The van der Waals surface area contributed by atoms with E-state index in [1.807, 2.05) is 0 Å². The summed E-state index contributed by atoms with van der Waals surface area (Å²) in [5.41, 5.74) is 7.41. The molecule has 5 nitrogen and oxygen atoms in total. The quantitative estimate of drug-likeness (QED) is 0.703. The van der Waals surface area contributed by atoms with E-state index in [-0.39, 0.29) is 27.5 Å². The highest BCUT2D eigenvalue weighted by atomic mass is 35.5. The van der Waals surface area contributed by atoms with Gasteiger partial charge in [0.2, 0.25) is 5.91 Å². The minimum absolute atomic E-state index is 0.0860. The molecule has 0 unspecified atom stereocenters. The lowest BCUT2D eigenvalue weighted by Gasteiger charge is -2.17. The highest BCUT2D eigenvalue weighted by Crippen LogP contribution is 2.33. The molecule has 1 aliphatic rings. The molecule has 2 aromatic carbocycles. The van der Waals surface area contributed by atoms with Crippen LogP contribution in [0.5, 0.6) is 0 Å². The highest BCUT2D eigenvalue weighted by molar-refractivity contribution is 8.00. The molecule has 8 heteroatoms. The normalized spacial score (nSPS) is 13.2. The molecule has 0 saturated carbocycles. The van der Waals surface area contributed by atoms with Crippen LogP contribution in [0.4, 0.5) is 17.1 Å². The number of hydrogen-bond acceptors (Lipinski definition) is 4. The van der Waals surface area contributed by atoms with Crippen LogP contribution in [0.2, 0.25) is 10.0 Å². The number of fused-ring (bicyclic) bond motifs is 1.